The van der Waals surface area contributed by atoms with E-state index in [-0.39, 0.29) is 56.2 Å². The number of esters is 2. The highest BCUT2D eigenvalue weighted by Crippen LogP contribution is 2.34. The summed E-state index contributed by atoms with van der Waals surface area (Å²) in [5.74, 6) is -2.14. The van der Waals surface area contributed by atoms with Crippen LogP contribution in [0.25, 0.3) is 0 Å². The zero-order valence-corrected chi connectivity index (χ0v) is 24.5. The number of nitrogens with zero attached hydrogens (tertiary/aromatic N) is 1. The van der Waals surface area contributed by atoms with E-state index in [9.17, 15) is 24.3 Å². The minimum Gasteiger partial charge on any atom is -0.508 e. The van der Waals surface area contributed by atoms with Gasteiger partial charge in [0.2, 0.25) is 11.8 Å². The molecule has 228 valence electrons. The van der Waals surface area contributed by atoms with Crippen LogP contribution in [0.4, 0.5) is 0 Å². The average molecular weight is 577 g/mol. The Hall–Kier alpha value is -3.18. The summed E-state index contributed by atoms with van der Waals surface area (Å²) in [4.78, 5) is 54.0. The zero-order chi connectivity index (χ0) is 30.2. The molecular formula is C30H44N2O9. The van der Waals surface area contributed by atoms with E-state index >= 15 is 0 Å². The van der Waals surface area contributed by atoms with Gasteiger partial charge in [0.05, 0.1) is 25.6 Å². The predicted molar refractivity (Wildman–Crippen MR) is 149 cm³/mol. The number of phenols is 1. The van der Waals surface area contributed by atoms with Crippen molar-refractivity contribution in [3.63, 3.8) is 0 Å². The second kappa shape index (κ2) is 14.6. The molecule has 2 amide bonds. The highest BCUT2D eigenvalue weighted by atomic mass is 16.6. The highest BCUT2D eigenvalue weighted by Gasteiger charge is 2.45. The Morgan fingerprint density at radius 3 is 2.41 bits per heavy atom. The highest BCUT2D eigenvalue weighted by molar-refractivity contribution is 5.92. The van der Waals surface area contributed by atoms with Gasteiger partial charge in [0.25, 0.3) is 0 Å². The Bertz CT molecular complexity index is 1060. The topological polar surface area (TPSA) is 152 Å². The number of carbonyl (C=O) groups is 4. The molecule has 1 saturated carbocycles. The number of carbonyl (C=O) groups excluding carboxylic acids is 4. The van der Waals surface area contributed by atoms with Crippen LogP contribution in [-0.2, 0) is 39.8 Å². The van der Waals surface area contributed by atoms with Crippen LogP contribution in [0.2, 0.25) is 0 Å². The third kappa shape index (κ3) is 9.43. The molecular weight excluding hydrogens is 532 g/mol. The molecule has 0 bridgehead atoms. The van der Waals surface area contributed by atoms with Gasteiger partial charge in [-0.3, -0.25) is 14.4 Å². The third-order valence-corrected chi connectivity index (χ3v) is 7.52. The molecule has 2 fully saturated rings. The van der Waals surface area contributed by atoms with Crippen LogP contribution in [0.15, 0.2) is 24.3 Å². The molecule has 11 nitrogen and oxygen atoms in total. The summed E-state index contributed by atoms with van der Waals surface area (Å²) in [6.45, 7) is 5.87. The number of nitrogens with one attached hydrogen (secondary N) is 1. The van der Waals surface area contributed by atoms with Crippen molar-refractivity contribution in [2.24, 2.45) is 11.8 Å². The molecule has 1 aliphatic heterocycles. The number of amides is 2. The lowest BCUT2D eigenvalue weighted by molar-refractivity contribution is -0.161. The molecule has 3 atom stereocenters. The van der Waals surface area contributed by atoms with Gasteiger partial charge in [0.15, 0.2) is 0 Å². The summed E-state index contributed by atoms with van der Waals surface area (Å²) in [6, 6.07) is 4.56. The van der Waals surface area contributed by atoms with Crippen molar-refractivity contribution in [3.8, 4) is 5.75 Å². The molecule has 1 saturated heterocycles. The van der Waals surface area contributed by atoms with Gasteiger partial charge in [0.1, 0.15) is 23.4 Å². The summed E-state index contributed by atoms with van der Waals surface area (Å²) in [5, 5.41) is 21.8. The van der Waals surface area contributed by atoms with Crippen LogP contribution < -0.4 is 5.32 Å². The summed E-state index contributed by atoms with van der Waals surface area (Å²) >= 11 is 0. The van der Waals surface area contributed by atoms with E-state index in [1.807, 2.05) is 20.8 Å². The molecule has 1 heterocycles. The second-order valence-electron chi connectivity index (χ2n) is 11.9. The second-order valence-corrected chi connectivity index (χ2v) is 11.9. The Morgan fingerprint density at radius 2 is 1.80 bits per heavy atom. The quantitative estimate of drug-likeness (QED) is 0.266. The number of benzene rings is 1. The van der Waals surface area contributed by atoms with E-state index in [2.05, 4.69) is 5.32 Å². The molecule has 3 N–H and O–H groups in total. The number of rotatable bonds is 11. The molecule has 0 radical (unpaired) electrons. The fourth-order valence-electron chi connectivity index (χ4n) is 5.55. The molecule has 0 aromatic heterocycles. The van der Waals surface area contributed by atoms with Gasteiger partial charge in [-0.15, -0.1) is 0 Å². The maximum absolute atomic E-state index is 14.1. The average Bonchev–Trinajstić information content (AvgIpc) is 3.34. The molecule has 3 rings (SSSR count). The lowest BCUT2D eigenvalue weighted by Gasteiger charge is -2.36. The molecule has 0 spiro atoms. The molecule has 11 heteroatoms. The Balaban J connectivity index is 1.78. The first-order valence-electron chi connectivity index (χ1n) is 14.3. The van der Waals surface area contributed by atoms with Crippen molar-refractivity contribution in [1.29, 1.82) is 0 Å². The van der Waals surface area contributed by atoms with Gasteiger partial charge < -0.3 is 34.6 Å². The van der Waals surface area contributed by atoms with E-state index in [0.29, 0.717) is 37.7 Å². The first-order chi connectivity index (χ1) is 19.4. The number of methoxy groups -OCH3 is 1. The molecule has 1 aromatic carbocycles. The predicted octanol–water partition coefficient (Wildman–Crippen LogP) is 2.11. The first kappa shape index (κ1) is 32.3. The van der Waals surface area contributed by atoms with Gasteiger partial charge >= 0.3 is 11.9 Å². The standard InChI is InChI=1S/C30H44N2O9/c1-30(2,3)41-28(37)21-11-9-20(10-12-21)26(31-25(35)16-19-7-5-8-22(34)15-19)27(36)32-18-23(40-14-6-13-33)17-24(32)29(38)39-4/h5,7-8,15,20-21,23-24,26,33-34H,6,9-14,16-18H2,1-4H3,(H,31,35)/t20?,21?,23-,24+,26?/m1/s1. The Morgan fingerprint density at radius 1 is 1.10 bits per heavy atom. The monoisotopic (exact) mass is 576 g/mol. The van der Waals surface area contributed by atoms with Crippen molar-refractivity contribution < 1.29 is 43.6 Å². The minimum atomic E-state index is -0.928. The zero-order valence-electron chi connectivity index (χ0n) is 24.5. The summed E-state index contributed by atoms with van der Waals surface area (Å²) in [5.41, 5.74) is -0.00550. The van der Waals surface area contributed by atoms with Gasteiger partial charge in [-0.1, -0.05) is 12.1 Å². The number of aliphatic hydroxyl groups is 1. The molecule has 41 heavy (non-hydrogen) atoms. The Kier molecular flexibility index (Phi) is 11.5. The fraction of sp³-hybridized carbons (Fsp3) is 0.667. The lowest BCUT2D eigenvalue weighted by atomic mass is 9.78. The van der Waals surface area contributed by atoms with Crippen molar-refractivity contribution in [1.82, 2.24) is 10.2 Å². The van der Waals surface area contributed by atoms with Crippen LogP contribution in [0.1, 0.15) is 64.9 Å². The van der Waals surface area contributed by atoms with E-state index in [1.165, 1.54) is 24.1 Å². The maximum atomic E-state index is 14.1. The molecule has 1 aliphatic carbocycles. The number of hydrogen-bond acceptors (Lipinski definition) is 9. The van der Waals surface area contributed by atoms with Crippen LogP contribution >= 0.6 is 0 Å². The summed E-state index contributed by atoms with van der Waals surface area (Å²) in [7, 11) is 1.26. The number of likely N-dealkylation sites (tertiary alicyclic amines) is 1. The molecule has 2 aliphatic rings. The minimum absolute atomic E-state index is 0.0327. The van der Waals surface area contributed by atoms with Crippen molar-refractivity contribution in [2.75, 3.05) is 26.9 Å². The normalized spacial score (nSPS) is 23.5. The first-order valence-corrected chi connectivity index (χ1v) is 14.3. The lowest BCUT2D eigenvalue weighted by Crippen LogP contribution is -2.55. The number of ether oxygens (including phenoxy) is 3. The smallest absolute Gasteiger partial charge is 0.328 e. The summed E-state index contributed by atoms with van der Waals surface area (Å²) < 4.78 is 16.3. The largest absolute Gasteiger partial charge is 0.508 e. The van der Waals surface area contributed by atoms with Crippen LogP contribution in [0, 0.1) is 11.8 Å². The fourth-order valence-corrected chi connectivity index (χ4v) is 5.55. The van der Waals surface area contributed by atoms with Crippen LogP contribution in [0.5, 0.6) is 5.75 Å². The number of hydrogen-bond donors (Lipinski definition) is 3. The van der Waals surface area contributed by atoms with Crippen molar-refractivity contribution in [3.05, 3.63) is 29.8 Å². The van der Waals surface area contributed by atoms with Gasteiger partial charge in [0, 0.05) is 26.2 Å². The van der Waals surface area contributed by atoms with Crippen LogP contribution in [-0.4, -0.2) is 89.5 Å². The maximum Gasteiger partial charge on any atom is 0.328 e. The SMILES string of the molecule is COC(=O)[C@@H]1C[C@@H](OCCCO)CN1C(=O)C(NC(=O)Cc1cccc(O)c1)C1CCC(C(=O)OC(C)(C)C)CC1. The number of aliphatic hydroxyl groups excluding tert-OH is 1. The van der Waals surface area contributed by atoms with Crippen molar-refractivity contribution >= 4 is 23.8 Å². The molecule has 1 unspecified atom stereocenters. The van der Waals surface area contributed by atoms with Gasteiger partial charge in [-0.2, -0.15) is 0 Å². The summed E-state index contributed by atoms with van der Waals surface area (Å²) in [6.07, 6.45) is 2.28. The van der Waals surface area contributed by atoms with Gasteiger partial charge in [-0.25, -0.2) is 4.79 Å². The molecule has 1 aromatic rings. The van der Waals surface area contributed by atoms with E-state index < -0.39 is 41.6 Å². The van der Waals surface area contributed by atoms with Gasteiger partial charge in [-0.05, 0) is 76.5 Å². The number of phenolic OH excluding ortho intramolecular Hbond substituents is 1. The van der Waals surface area contributed by atoms with Crippen LogP contribution in [0.3, 0.4) is 0 Å². The van der Waals surface area contributed by atoms with E-state index in [1.54, 1.807) is 12.1 Å². The third-order valence-electron chi connectivity index (χ3n) is 7.52. The number of aromatic hydroxyl groups is 1. The van der Waals surface area contributed by atoms with E-state index in [0.717, 1.165) is 0 Å². The van der Waals surface area contributed by atoms with E-state index in [4.69, 9.17) is 19.3 Å². The van der Waals surface area contributed by atoms with Crippen molar-refractivity contribution in [2.45, 2.75) is 89.5 Å². The Labute approximate surface area is 241 Å².